The van der Waals surface area contributed by atoms with Gasteiger partial charge in [-0.3, -0.25) is 9.97 Å². The quantitative estimate of drug-likeness (QED) is 0.797. The first-order valence-corrected chi connectivity index (χ1v) is 7.70. The maximum Gasteiger partial charge on any atom is 0.321 e. The van der Waals surface area contributed by atoms with Crippen molar-refractivity contribution >= 4 is 23.3 Å². The first-order valence-electron chi connectivity index (χ1n) is 6.87. The number of urea groups is 1. The van der Waals surface area contributed by atoms with Gasteiger partial charge in [-0.15, -0.1) is 5.10 Å². The first-order chi connectivity index (χ1) is 11.2. The Morgan fingerprint density at radius 2 is 2.09 bits per heavy atom. The van der Waals surface area contributed by atoms with Gasteiger partial charge in [0.15, 0.2) is 0 Å². The summed E-state index contributed by atoms with van der Waals surface area (Å²) < 4.78 is 3.84. The highest BCUT2D eigenvalue weighted by molar-refractivity contribution is 7.03. The molecule has 2 amide bonds. The lowest BCUT2D eigenvalue weighted by Crippen LogP contribution is -2.31. The number of hydrogen-bond acceptors (Lipinski definition) is 6. The molecule has 0 saturated heterocycles. The fourth-order valence-electron chi connectivity index (χ4n) is 1.96. The van der Waals surface area contributed by atoms with Crippen LogP contribution in [0.1, 0.15) is 5.69 Å². The van der Waals surface area contributed by atoms with E-state index >= 15 is 0 Å². The lowest BCUT2D eigenvalue weighted by atomic mass is 10.1. The molecule has 0 atom stereocenters. The van der Waals surface area contributed by atoms with E-state index in [0.29, 0.717) is 12.2 Å². The zero-order chi connectivity index (χ0) is 16.1. The molecule has 7 nitrogen and oxygen atoms in total. The highest BCUT2D eigenvalue weighted by atomic mass is 32.1. The topological polar surface area (TPSA) is 83.9 Å². The normalized spacial score (nSPS) is 10.3. The summed E-state index contributed by atoms with van der Waals surface area (Å²) in [5, 5.41) is 8.73. The second-order valence-electron chi connectivity index (χ2n) is 4.85. The lowest BCUT2D eigenvalue weighted by Gasteiger charge is -2.17. The SMILES string of the molecule is CN(Cc1cnccn1)C(=O)Nc1ccc(-c2csnn2)cc1. The van der Waals surface area contributed by atoms with Crippen molar-refractivity contribution in [2.24, 2.45) is 0 Å². The van der Waals surface area contributed by atoms with Gasteiger partial charge in [-0.25, -0.2) is 4.79 Å². The van der Waals surface area contributed by atoms with E-state index in [1.807, 2.05) is 29.6 Å². The minimum atomic E-state index is -0.210. The minimum absolute atomic E-state index is 0.210. The van der Waals surface area contributed by atoms with E-state index in [0.717, 1.165) is 17.0 Å². The third-order valence-corrected chi connectivity index (χ3v) is 3.66. The smallest absolute Gasteiger partial charge is 0.321 e. The summed E-state index contributed by atoms with van der Waals surface area (Å²) in [4.78, 5) is 21.9. The maximum absolute atomic E-state index is 12.2. The number of hydrogen-bond donors (Lipinski definition) is 1. The molecule has 116 valence electrons. The van der Waals surface area contributed by atoms with Crippen molar-refractivity contribution in [2.45, 2.75) is 6.54 Å². The van der Waals surface area contributed by atoms with E-state index in [-0.39, 0.29) is 6.03 Å². The molecule has 0 fully saturated rings. The molecule has 1 N–H and O–H groups in total. The summed E-state index contributed by atoms with van der Waals surface area (Å²) in [6.07, 6.45) is 4.84. The third-order valence-electron chi connectivity index (χ3n) is 3.15. The molecule has 0 saturated carbocycles. The van der Waals surface area contributed by atoms with Crippen LogP contribution in [0.3, 0.4) is 0 Å². The van der Waals surface area contributed by atoms with E-state index in [9.17, 15) is 4.79 Å². The molecule has 0 unspecified atom stereocenters. The molecule has 0 radical (unpaired) electrons. The van der Waals surface area contributed by atoms with Gasteiger partial charge in [0.1, 0.15) is 5.69 Å². The predicted octanol–water partition coefficient (Wildman–Crippen LogP) is 2.66. The van der Waals surface area contributed by atoms with Crippen LogP contribution in [0.4, 0.5) is 10.5 Å². The molecule has 0 aliphatic carbocycles. The van der Waals surface area contributed by atoms with Crippen molar-refractivity contribution in [3.8, 4) is 11.3 Å². The number of amides is 2. The molecule has 2 heterocycles. The Morgan fingerprint density at radius 1 is 1.26 bits per heavy atom. The molecule has 8 heteroatoms. The minimum Gasteiger partial charge on any atom is -0.322 e. The number of benzene rings is 1. The van der Waals surface area contributed by atoms with Crippen molar-refractivity contribution in [1.82, 2.24) is 24.5 Å². The summed E-state index contributed by atoms with van der Waals surface area (Å²) in [5.41, 5.74) is 3.24. The molecule has 23 heavy (non-hydrogen) atoms. The average Bonchev–Trinajstić information content (AvgIpc) is 3.11. The van der Waals surface area contributed by atoms with Gasteiger partial charge in [-0.05, 0) is 23.7 Å². The molecule has 0 spiro atoms. The van der Waals surface area contributed by atoms with Gasteiger partial charge in [0.25, 0.3) is 0 Å². The Kier molecular flexibility index (Phi) is 4.53. The summed E-state index contributed by atoms with van der Waals surface area (Å²) in [6.45, 7) is 0.391. The predicted molar refractivity (Wildman–Crippen MR) is 87.9 cm³/mol. The Labute approximate surface area is 137 Å². The van der Waals surface area contributed by atoms with Crippen LogP contribution < -0.4 is 5.32 Å². The second kappa shape index (κ2) is 6.93. The van der Waals surface area contributed by atoms with E-state index < -0.39 is 0 Å². The first kappa shape index (κ1) is 15.0. The molecular weight excluding hydrogens is 312 g/mol. The molecule has 1 aromatic carbocycles. The van der Waals surface area contributed by atoms with Gasteiger partial charge in [0, 0.05) is 36.1 Å². The summed E-state index contributed by atoms with van der Waals surface area (Å²) in [6, 6.07) is 7.26. The van der Waals surface area contributed by atoms with Gasteiger partial charge in [0.2, 0.25) is 0 Å². The Balaban J connectivity index is 1.61. The van der Waals surface area contributed by atoms with Gasteiger partial charge < -0.3 is 10.2 Å². The third kappa shape index (κ3) is 3.86. The monoisotopic (exact) mass is 326 g/mol. The van der Waals surface area contributed by atoms with Gasteiger partial charge >= 0.3 is 6.03 Å². The van der Waals surface area contributed by atoms with Crippen LogP contribution in [0.15, 0.2) is 48.2 Å². The number of rotatable bonds is 4. The van der Waals surface area contributed by atoms with Crippen LogP contribution in [0.2, 0.25) is 0 Å². The van der Waals surface area contributed by atoms with Crippen LogP contribution in [-0.4, -0.2) is 37.5 Å². The summed E-state index contributed by atoms with van der Waals surface area (Å²) in [7, 11) is 1.71. The number of nitrogens with zero attached hydrogens (tertiary/aromatic N) is 5. The van der Waals surface area contributed by atoms with E-state index in [1.54, 1.807) is 30.5 Å². The summed E-state index contributed by atoms with van der Waals surface area (Å²) >= 11 is 1.31. The van der Waals surface area contributed by atoms with E-state index in [2.05, 4.69) is 24.9 Å². The molecule has 3 aromatic rings. The second-order valence-corrected chi connectivity index (χ2v) is 5.46. The Morgan fingerprint density at radius 3 is 2.74 bits per heavy atom. The van der Waals surface area contributed by atoms with E-state index in [1.165, 1.54) is 11.5 Å². The number of aromatic nitrogens is 4. The number of carbonyl (C=O) groups is 1. The fourth-order valence-corrected chi connectivity index (χ4v) is 2.43. The van der Waals surface area contributed by atoms with Gasteiger partial charge in [-0.2, -0.15) is 0 Å². The van der Waals surface area contributed by atoms with Crippen LogP contribution >= 0.6 is 11.5 Å². The Hall–Kier alpha value is -2.87. The standard InChI is InChI=1S/C15H14N6OS/c1-21(9-13-8-16-6-7-17-13)15(22)18-12-4-2-11(3-5-12)14-10-23-20-19-14/h2-8,10H,9H2,1H3,(H,18,22). The summed E-state index contributed by atoms with van der Waals surface area (Å²) in [5.74, 6) is 0. The average molecular weight is 326 g/mol. The van der Waals surface area contributed by atoms with Crippen molar-refractivity contribution in [3.05, 3.63) is 53.9 Å². The van der Waals surface area contributed by atoms with Crippen molar-refractivity contribution in [2.75, 3.05) is 12.4 Å². The zero-order valence-corrected chi connectivity index (χ0v) is 13.2. The van der Waals surface area contributed by atoms with Gasteiger partial charge in [0.05, 0.1) is 18.4 Å². The largest absolute Gasteiger partial charge is 0.322 e. The highest BCUT2D eigenvalue weighted by Gasteiger charge is 2.10. The maximum atomic E-state index is 12.2. The lowest BCUT2D eigenvalue weighted by molar-refractivity contribution is 0.220. The number of anilines is 1. The Bertz CT molecular complexity index is 760. The number of nitrogens with one attached hydrogen (secondary N) is 1. The molecule has 0 aliphatic rings. The van der Waals surface area contributed by atoms with Crippen LogP contribution in [0, 0.1) is 0 Å². The van der Waals surface area contributed by atoms with E-state index in [4.69, 9.17) is 0 Å². The van der Waals surface area contributed by atoms with Crippen LogP contribution in [0.5, 0.6) is 0 Å². The van der Waals surface area contributed by atoms with Crippen molar-refractivity contribution in [3.63, 3.8) is 0 Å². The van der Waals surface area contributed by atoms with Crippen molar-refractivity contribution in [1.29, 1.82) is 0 Å². The highest BCUT2D eigenvalue weighted by Crippen LogP contribution is 2.20. The molecule has 2 aromatic heterocycles. The van der Waals surface area contributed by atoms with Crippen LogP contribution in [0.25, 0.3) is 11.3 Å². The van der Waals surface area contributed by atoms with Gasteiger partial charge in [-0.1, -0.05) is 16.6 Å². The van der Waals surface area contributed by atoms with Crippen LogP contribution in [-0.2, 0) is 6.54 Å². The molecule has 0 aliphatic heterocycles. The molecule has 0 bridgehead atoms. The molecular formula is C15H14N6OS. The van der Waals surface area contributed by atoms with Crippen molar-refractivity contribution < 1.29 is 4.79 Å². The number of carbonyl (C=O) groups excluding carboxylic acids is 1. The zero-order valence-electron chi connectivity index (χ0n) is 12.4. The molecule has 3 rings (SSSR count). The fraction of sp³-hybridized carbons (Fsp3) is 0.133.